The molecule has 0 aromatic carbocycles. The SMILES string of the molecule is Cc1noc2nc(C3CC3)cc(C(=O)N3CCN(C4CCCC4)CC3)c12. The average Bonchev–Trinajstić information content (AvgIpc) is 3.25. The Morgan fingerprint density at radius 2 is 1.85 bits per heavy atom. The molecule has 2 aromatic rings. The van der Waals surface area contributed by atoms with Gasteiger partial charge in [-0.3, -0.25) is 9.69 Å². The first-order valence-electron chi connectivity index (χ1n) is 10.0. The Balaban J connectivity index is 1.39. The molecule has 3 fully saturated rings. The molecule has 3 heterocycles. The third kappa shape index (κ3) is 2.80. The van der Waals surface area contributed by atoms with E-state index < -0.39 is 0 Å². The molecule has 1 saturated heterocycles. The van der Waals surface area contributed by atoms with Crippen LogP contribution >= 0.6 is 0 Å². The molecule has 5 rings (SSSR count). The molecule has 2 saturated carbocycles. The van der Waals surface area contributed by atoms with Gasteiger partial charge < -0.3 is 9.42 Å². The van der Waals surface area contributed by atoms with Gasteiger partial charge in [0, 0.05) is 43.8 Å². The molecule has 6 heteroatoms. The molecule has 138 valence electrons. The highest BCUT2D eigenvalue weighted by Crippen LogP contribution is 2.40. The largest absolute Gasteiger partial charge is 0.336 e. The van der Waals surface area contributed by atoms with Crippen molar-refractivity contribution in [2.24, 2.45) is 0 Å². The van der Waals surface area contributed by atoms with Crippen LogP contribution in [0.1, 0.15) is 66.2 Å². The predicted octanol–water partition coefficient (Wildman–Crippen LogP) is 3.11. The van der Waals surface area contributed by atoms with Gasteiger partial charge in [-0.15, -0.1) is 0 Å². The zero-order chi connectivity index (χ0) is 17.7. The van der Waals surface area contributed by atoms with E-state index in [4.69, 9.17) is 4.52 Å². The molecule has 0 unspecified atom stereocenters. The number of aromatic nitrogens is 2. The fourth-order valence-corrected chi connectivity index (χ4v) is 4.60. The minimum atomic E-state index is 0.108. The van der Waals surface area contributed by atoms with Crippen LogP contribution in [0.4, 0.5) is 0 Å². The van der Waals surface area contributed by atoms with Crippen molar-refractivity contribution < 1.29 is 9.32 Å². The molecule has 1 aliphatic heterocycles. The van der Waals surface area contributed by atoms with Crippen molar-refractivity contribution in [3.63, 3.8) is 0 Å². The Hall–Kier alpha value is -1.95. The van der Waals surface area contributed by atoms with Crippen molar-refractivity contribution in [2.75, 3.05) is 26.2 Å². The summed E-state index contributed by atoms with van der Waals surface area (Å²) < 4.78 is 5.39. The summed E-state index contributed by atoms with van der Waals surface area (Å²) in [6.45, 7) is 5.48. The van der Waals surface area contributed by atoms with Crippen LogP contribution in [0.5, 0.6) is 0 Å². The lowest BCUT2D eigenvalue weighted by Gasteiger charge is -2.38. The summed E-state index contributed by atoms with van der Waals surface area (Å²) in [6, 6.07) is 2.73. The number of hydrogen-bond acceptors (Lipinski definition) is 5. The molecule has 1 amide bonds. The standard InChI is InChI=1S/C20H26N4O2/c1-13-18-16(12-17(14-6-7-14)21-19(18)26-22-13)20(25)24-10-8-23(9-11-24)15-4-2-3-5-15/h12,14-15H,2-11H2,1H3. The number of aryl methyl sites for hydroxylation is 1. The molecule has 0 spiro atoms. The number of pyridine rings is 1. The molecule has 3 aliphatic rings. The lowest BCUT2D eigenvalue weighted by Crippen LogP contribution is -2.51. The molecular weight excluding hydrogens is 328 g/mol. The summed E-state index contributed by atoms with van der Waals surface area (Å²) in [7, 11) is 0. The third-order valence-corrected chi connectivity index (χ3v) is 6.31. The summed E-state index contributed by atoms with van der Waals surface area (Å²) in [5.74, 6) is 0.590. The van der Waals surface area contributed by atoms with E-state index in [1.165, 1.54) is 25.7 Å². The Morgan fingerprint density at radius 3 is 2.54 bits per heavy atom. The average molecular weight is 354 g/mol. The van der Waals surface area contributed by atoms with Crippen LogP contribution in [0.2, 0.25) is 0 Å². The van der Waals surface area contributed by atoms with Crippen molar-refractivity contribution in [3.05, 3.63) is 23.0 Å². The van der Waals surface area contributed by atoms with Crippen molar-refractivity contribution >= 4 is 17.0 Å². The Bertz CT molecular complexity index is 828. The summed E-state index contributed by atoms with van der Waals surface area (Å²) in [5, 5.41) is 4.84. The molecule has 26 heavy (non-hydrogen) atoms. The monoisotopic (exact) mass is 354 g/mol. The van der Waals surface area contributed by atoms with E-state index in [1.54, 1.807) is 0 Å². The minimum Gasteiger partial charge on any atom is -0.336 e. The van der Waals surface area contributed by atoms with Crippen LogP contribution in [0.3, 0.4) is 0 Å². The molecule has 0 radical (unpaired) electrons. The van der Waals surface area contributed by atoms with Gasteiger partial charge in [0.2, 0.25) is 0 Å². The molecule has 2 aromatic heterocycles. The Morgan fingerprint density at radius 1 is 1.12 bits per heavy atom. The van der Waals surface area contributed by atoms with Gasteiger partial charge in [0.25, 0.3) is 11.6 Å². The van der Waals surface area contributed by atoms with Crippen molar-refractivity contribution in [1.82, 2.24) is 19.9 Å². The van der Waals surface area contributed by atoms with E-state index in [9.17, 15) is 4.79 Å². The van der Waals surface area contributed by atoms with E-state index in [0.717, 1.165) is 67.4 Å². The van der Waals surface area contributed by atoms with Crippen molar-refractivity contribution in [3.8, 4) is 0 Å². The van der Waals surface area contributed by atoms with Crippen LogP contribution in [-0.4, -0.2) is 58.1 Å². The molecule has 2 aliphatic carbocycles. The Labute approximate surface area is 153 Å². The zero-order valence-electron chi connectivity index (χ0n) is 15.4. The normalized spacial score (nSPS) is 22.4. The summed E-state index contributed by atoms with van der Waals surface area (Å²) in [6.07, 6.45) is 7.66. The zero-order valence-corrected chi connectivity index (χ0v) is 15.4. The van der Waals surface area contributed by atoms with Gasteiger partial charge in [-0.2, -0.15) is 0 Å². The van der Waals surface area contributed by atoms with E-state index in [1.807, 2.05) is 17.9 Å². The lowest BCUT2D eigenvalue weighted by molar-refractivity contribution is 0.0575. The topological polar surface area (TPSA) is 62.5 Å². The highest BCUT2D eigenvalue weighted by molar-refractivity contribution is 6.06. The number of piperazine rings is 1. The highest BCUT2D eigenvalue weighted by Gasteiger charge is 2.32. The first kappa shape index (κ1) is 16.2. The van der Waals surface area contributed by atoms with E-state index >= 15 is 0 Å². The van der Waals surface area contributed by atoms with Crippen LogP contribution in [0.25, 0.3) is 11.1 Å². The smallest absolute Gasteiger partial charge is 0.259 e. The van der Waals surface area contributed by atoms with Gasteiger partial charge in [0.15, 0.2) is 0 Å². The molecule has 6 nitrogen and oxygen atoms in total. The minimum absolute atomic E-state index is 0.108. The second-order valence-electron chi connectivity index (χ2n) is 8.08. The van der Waals surface area contributed by atoms with Gasteiger partial charge in [0.1, 0.15) is 0 Å². The highest BCUT2D eigenvalue weighted by atomic mass is 16.5. The van der Waals surface area contributed by atoms with E-state index in [-0.39, 0.29) is 5.91 Å². The molecule has 0 N–H and O–H groups in total. The number of fused-ring (bicyclic) bond motifs is 1. The summed E-state index contributed by atoms with van der Waals surface area (Å²) >= 11 is 0. The maximum absolute atomic E-state index is 13.3. The maximum atomic E-state index is 13.3. The van der Waals surface area contributed by atoms with Gasteiger partial charge in [-0.05, 0) is 38.7 Å². The van der Waals surface area contributed by atoms with Gasteiger partial charge in [-0.1, -0.05) is 18.0 Å². The van der Waals surface area contributed by atoms with Crippen molar-refractivity contribution in [1.29, 1.82) is 0 Å². The van der Waals surface area contributed by atoms with Crippen LogP contribution in [0, 0.1) is 6.92 Å². The number of nitrogens with zero attached hydrogens (tertiary/aromatic N) is 4. The van der Waals surface area contributed by atoms with Gasteiger partial charge >= 0.3 is 0 Å². The summed E-state index contributed by atoms with van der Waals surface area (Å²) in [5.41, 5.74) is 2.98. The van der Waals surface area contributed by atoms with Crippen LogP contribution in [-0.2, 0) is 0 Å². The number of amides is 1. The number of carbonyl (C=O) groups excluding carboxylic acids is 1. The van der Waals surface area contributed by atoms with Crippen molar-refractivity contribution in [2.45, 2.75) is 57.4 Å². The fourth-order valence-electron chi connectivity index (χ4n) is 4.60. The fraction of sp³-hybridized carbons (Fsp3) is 0.650. The van der Waals surface area contributed by atoms with Gasteiger partial charge in [-0.25, -0.2) is 4.98 Å². The second kappa shape index (κ2) is 6.34. The van der Waals surface area contributed by atoms with Gasteiger partial charge in [0.05, 0.1) is 16.6 Å². The maximum Gasteiger partial charge on any atom is 0.259 e. The first-order chi connectivity index (χ1) is 12.7. The lowest BCUT2D eigenvalue weighted by atomic mass is 10.1. The predicted molar refractivity (Wildman–Crippen MR) is 98.2 cm³/mol. The van der Waals surface area contributed by atoms with E-state index in [2.05, 4.69) is 15.0 Å². The summed E-state index contributed by atoms with van der Waals surface area (Å²) in [4.78, 5) is 22.5. The number of hydrogen-bond donors (Lipinski definition) is 0. The molecule has 0 atom stereocenters. The third-order valence-electron chi connectivity index (χ3n) is 6.31. The molecular formula is C20H26N4O2. The first-order valence-corrected chi connectivity index (χ1v) is 10.0. The van der Waals surface area contributed by atoms with E-state index in [0.29, 0.717) is 11.6 Å². The van der Waals surface area contributed by atoms with Crippen LogP contribution < -0.4 is 0 Å². The number of rotatable bonds is 3. The molecule has 0 bridgehead atoms. The second-order valence-corrected chi connectivity index (χ2v) is 8.08. The number of carbonyl (C=O) groups is 1. The van der Waals surface area contributed by atoms with Crippen LogP contribution in [0.15, 0.2) is 10.6 Å². The Kier molecular flexibility index (Phi) is 3.96. The quantitative estimate of drug-likeness (QED) is 0.847.